The number of carbonyl (C=O) groups is 1. The van der Waals surface area contributed by atoms with Crippen molar-refractivity contribution >= 4 is 11.9 Å². The van der Waals surface area contributed by atoms with Gasteiger partial charge in [-0.05, 0) is 31.2 Å². The van der Waals surface area contributed by atoms with Crippen LogP contribution in [0.15, 0.2) is 24.3 Å². The number of benzene rings is 1. The molecule has 2 aliphatic rings. The maximum absolute atomic E-state index is 12.9. The van der Waals surface area contributed by atoms with Gasteiger partial charge >= 0.3 is 0 Å². The summed E-state index contributed by atoms with van der Waals surface area (Å²) in [6.07, 6.45) is 5.69. The normalized spacial score (nSPS) is 27.0. The van der Waals surface area contributed by atoms with Gasteiger partial charge in [-0.3, -0.25) is 15.1 Å². The highest BCUT2D eigenvalue weighted by atomic mass is 16.2. The fourth-order valence-electron chi connectivity index (χ4n) is 3.75. The van der Waals surface area contributed by atoms with E-state index >= 15 is 0 Å². The Balaban J connectivity index is 2.08. The summed E-state index contributed by atoms with van der Waals surface area (Å²) in [5.74, 6) is 0.501. The number of rotatable bonds is 2. The second-order valence-corrected chi connectivity index (χ2v) is 6.35. The summed E-state index contributed by atoms with van der Waals surface area (Å²) in [5, 5.41) is 11.3. The van der Waals surface area contributed by atoms with Crippen molar-refractivity contribution < 1.29 is 4.79 Å². The smallest absolute Gasteiger partial charge is 0.259 e. The van der Waals surface area contributed by atoms with Crippen LogP contribution in [0.5, 0.6) is 0 Å². The van der Waals surface area contributed by atoms with Crippen LogP contribution in [0.1, 0.15) is 43.2 Å². The van der Waals surface area contributed by atoms with Crippen LogP contribution in [0.2, 0.25) is 0 Å². The van der Waals surface area contributed by atoms with E-state index in [-0.39, 0.29) is 17.8 Å². The van der Waals surface area contributed by atoms with E-state index in [1.54, 1.807) is 7.05 Å². The zero-order valence-electron chi connectivity index (χ0n) is 12.8. The number of nitrogens with one attached hydrogen (secondary N) is 2. The summed E-state index contributed by atoms with van der Waals surface area (Å²) >= 11 is 0. The van der Waals surface area contributed by atoms with Gasteiger partial charge in [-0.1, -0.05) is 49.1 Å². The SMILES string of the molecule is Cc1ccc(C2(C3CCCCC3)NC(=N)N(C)C2=O)cc1. The van der Waals surface area contributed by atoms with Crippen molar-refractivity contribution in [1.29, 1.82) is 5.41 Å². The first kappa shape index (κ1) is 14.1. The molecule has 0 bridgehead atoms. The van der Waals surface area contributed by atoms with E-state index in [4.69, 9.17) is 5.41 Å². The van der Waals surface area contributed by atoms with Gasteiger partial charge in [-0.15, -0.1) is 0 Å². The number of guanidine groups is 1. The van der Waals surface area contributed by atoms with Crippen molar-refractivity contribution in [1.82, 2.24) is 10.2 Å². The molecule has 21 heavy (non-hydrogen) atoms. The lowest BCUT2D eigenvalue weighted by Gasteiger charge is -2.38. The molecule has 1 unspecified atom stereocenters. The third-order valence-electron chi connectivity index (χ3n) is 5.02. The van der Waals surface area contributed by atoms with Crippen molar-refractivity contribution in [2.24, 2.45) is 5.92 Å². The van der Waals surface area contributed by atoms with E-state index in [0.717, 1.165) is 18.4 Å². The molecule has 1 heterocycles. The van der Waals surface area contributed by atoms with Crippen LogP contribution < -0.4 is 5.32 Å². The lowest BCUT2D eigenvalue weighted by atomic mass is 9.71. The Morgan fingerprint density at radius 2 is 1.81 bits per heavy atom. The molecule has 1 amide bonds. The van der Waals surface area contributed by atoms with Gasteiger partial charge in [0.1, 0.15) is 5.54 Å². The third-order valence-corrected chi connectivity index (χ3v) is 5.02. The largest absolute Gasteiger partial charge is 0.338 e. The Kier molecular flexibility index (Phi) is 3.47. The van der Waals surface area contributed by atoms with Gasteiger partial charge in [0.2, 0.25) is 0 Å². The van der Waals surface area contributed by atoms with Crippen LogP contribution >= 0.6 is 0 Å². The number of carbonyl (C=O) groups excluding carboxylic acids is 1. The number of hydrogen-bond acceptors (Lipinski definition) is 2. The van der Waals surface area contributed by atoms with E-state index in [9.17, 15) is 4.79 Å². The number of aryl methyl sites for hydroxylation is 1. The Hall–Kier alpha value is -1.84. The predicted octanol–water partition coefficient (Wildman–Crippen LogP) is 2.77. The molecular weight excluding hydrogens is 262 g/mol. The molecule has 1 aliphatic heterocycles. The van der Waals surface area contributed by atoms with Gasteiger partial charge in [0.25, 0.3) is 5.91 Å². The zero-order chi connectivity index (χ0) is 15.0. The van der Waals surface area contributed by atoms with Gasteiger partial charge in [-0.2, -0.15) is 0 Å². The molecule has 3 rings (SSSR count). The molecule has 0 aromatic heterocycles. The van der Waals surface area contributed by atoms with Crippen LogP contribution in [0.25, 0.3) is 0 Å². The summed E-state index contributed by atoms with van der Waals surface area (Å²) in [7, 11) is 1.69. The van der Waals surface area contributed by atoms with Crippen molar-refractivity contribution in [2.45, 2.75) is 44.6 Å². The molecule has 2 N–H and O–H groups in total. The second kappa shape index (κ2) is 5.17. The molecule has 1 aliphatic carbocycles. The lowest BCUT2D eigenvalue weighted by molar-refractivity contribution is -0.133. The Bertz CT molecular complexity index is 560. The second-order valence-electron chi connectivity index (χ2n) is 6.35. The summed E-state index contributed by atoms with van der Waals surface area (Å²) in [5.41, 5.74) is 1.45. The Morgan fingerprint density at radius 3 is 2.33 bits per heavy atom. The first-order valence-electron chi connectivity index (χ1n) is 7.78. The minimum Gasteiger partial charge on any atom is -0.338 e. The van der Waals surface area contributed by atoms with Crippen molar-refractivity contribution in [3.8, 4) is 0 Å². The monoisotopic (exact) mass is 285 g/mol. The molecule has 112 valence electrons. The van der Waals surface area contributed by atoms with Crippen LogP contribution in [0.4, 0.5) is 0 Å². The molecule has 0 radical (unpaired) electrons. The van der Waals surface area contributed by atoms with Crippen LogP contribution in [0.3, 0.4) is 0 Å². The van der Waals surface area contributed by atoms with Gasteiger partial charge in [0.05, 0.1) is 0 Å². The number of hydrogen-bond donors (Lipinski definition) is 2. The molecule has 1 aromatic rings. The van der Waals surface area contributed by atoms with E-state index in [1.807, 2.05) is 12.1 Å². The molecule has 1 saturated carbocycles. The van der Waals surface area contributed by atoms with Gasteiger partial charge < -0.3 is 5.32 Å². The van der Waals surface area contributed by atoms with Gasteiger partial charge in [0, 0.05) is 7.05 Å². The van der Waals surface area contributed by atoms with E-state index in [1.165, 1.54) is 29.7 Å². The standard InChI is InChI=1S/C17H23N3O/c1-12-8-10-14(11-9-12)17(13-6-4-3-5-7-13)15(21)20(2)16(18)19-17/h8-11,13H,3-7H2,1-2H3,(H2,18,19). The molecule has 4 nitrogen and oxygen atoms in total. The molecule has 2 fully saturated rings. The lowest BCUT2D eigenvalue weighted by Crippen LogP contribution is -2.50. The van der Waals surface area contributed by atoms with Crippen molar-refractivity contribution in [2.75, 3.05) is 7.05 Å². The number of likely N-dealkylation sites (N-methyl/N-ethyl adjacent to an activating group) is 1. The Labute approximate surface area is 126 Å². The maximum Gasteiger partial charge on any atom is 0.259 e. The minimum atomic E-state index is -0.736. The van der Waals surface area contributed by atoms with E-state index in [0.29, 0.717) is 0 Å². The van der Waals surface area contributed by atoms with Gasteiger partial charge in [0.15, 0.2) is 5.96 Å². The average molecular weight is 285 g/mol. The van der Waals surface area contributed by atoms with Crippen LogP contribution in [0, 0.1) is 18.3 Å². The molecule has 0 spiro atoms. The highest BCUT2D eigenvalue weighted by Gasteiger charge is 2.54. The first-order valence-corrected chi connectivity index (χ1v) is 7.78. The third kappa shape index (κ3) is 2.13. The van der Waals surface area contributed by atoms with Crippen LogP contribution in [-0.4, -0.2) is 23.8 Å². The quantitative estimate of drug-likeness (QED) is 0.878. The predicted molar refractivity (Wildman–Crippen MR) is 83.1 cm³/mol. The average Bonchev–Trinajstić information content (AvgIpc) is 2.74. The van der Waals surface area contributed by atoms with E-state index < -0.39 is 5.54 Å². The summed E-state index contributed by atoms with van der Waals surface area (Å²) < 4.78 is 0. The molecule has 1 atom stereocenters. The topological polar surface area (TPSA) is 56.2 Å². The molecule has 1 saturated heterocycles. The molecular formula is C17H23N3O. The highest BCUT2D eigenvalue weighted by molar-refractivity contribution is 6.08. The summed E-state index contributed by atoms with van der Waals surface area (Å²) in [6, 6.07) is 8.19. The van der Waals surface area contributed by atoms with Crippen molar-refractivity contribution in [3.63, 3.8) is 0 Å². The van der Waals surface area contributed by atoms with E-state index in [2.05, 4.69) is 24.4 Å². The number of amides is 1. The fourth-order valence-corrected chi connectivity index (χ4v) is 3.75. The first-order chi connectivity index (χ1) is 10.1. The maximum atomic E-state index is 12.9. The zero-order valence-corrected chi connectivity index (χ0v) is 12.8. The summed E-state index contributed by atoms with van der Waals surface area (Å²) in [6.45, 7) is 2.05. The van der Waals surface area contributed by atoms with Gasteiger partial charge in [-0.25, -0.2) is 0 Å². The minimum absolute atomic E-state index is 0.0169. The molecule has 4 heteroatoms. The fraction of sp³-hybridized carbons (Fsp3) is 0.529. The summed E-state index contributed by atoms with van der Waals surface area (Å²) in [4.78, 5) is 14.4. The Morgan fingerprint density at radius 1 is 1.19 bits per heavy atom. The highest BCUT2D eigenvalue weighted by Crippen LogP contribution is 2.42. The van der Waals surface area contributed by atoms with Crippen molar-refractivity contribution in [3.05, 3.63) is 35.4 Å². The molecule has 1 aromatic carbocycles. The van der Waals surface area contributed by atoms with Crippen LogP contribution in [-0.2, 0) is 10.3 Å². The number of nitrogens with zero attached hydrogens (tertiary/aromatic N) is 1.